The van der Waals surface area contributed by atoms with Crippen molar-refractivity contribution in [2.45, 2.75) is 6.92 Å². The molecule has 1 aromatic heterocycles. The number of hydrogen-bond donors (Lipinski definition) is 0. The largest absolute Gasteiger partial charge is 0.462 e. The fraction of sp³-hybridized carbons (Fsp3) is 0.0769. The van der Waals surface area contributed by atoms with Gasteiger partial charge in [-0.25, -0.2) is 9.48 Å². The average Bonchev–Trinajstić information content (AvgIpc) is 3.19. The number of para-hydroxylation sites is 1. The lowest BCUT2D eigenvalue weighted by atomic mass is 10.0. The summed E-state index contributed by atoms with van der Waals surface area (Å²) in [5.74, 6) is -0.414. The molecule has 4 rings (SSSR count). The van der Waals surface area contributed by atoms with Crippen molar-refractivity contribution >= 4 is 29.7 Å². The van der Waals surface area contributed by atoms with Gasteiger partial charge in [0, 0.05) is 10.6 Å². The maximum atomic E-state index is 13.0. The Morgan fingerprint density at radius 2 is 1.58 bits per heavy atom. The van der Waals surface area contributed by atoms with Gasteiger partial charge in [-0.3, -0.25) is 0 Å². The van der Waals surface area contributed by atoms with Crippen molar-refractivity contribution in [2.24, 2.45) is 0 Å². The first-order valence-corrected chi connectivity index (χ1v) is 10.4. The van der Waals surface area contributed by atoms with Crippen molar-refractivity contribution in [1.29, 1.82) is 0 Å². The summed E-state index contributed by atoms with van der Waals surface area (Å²) in [6.45, 7) is 2.07. The SMILES string of the molecule is CCOC(=O)c1c(-c2ccccc2)nn(-c2ccccc2)c1/C=C/c1ccccc1Cl. The Labute approximate surface area is 186 Å². The summed E-state index contributed by atoms with van der Waals surface area (Å²) in [4.78, 5) is 13.0. The van der Waals surface area contributed by atoms with E-state index in [1.807, 2.05) is 97.1 Å². The second-order valence-corrected chi connectivity index (χ2v) is 7.20. The lowest BCUT2D eigenvalue weighted by Crippen LogP contribution is -2.08. The average molecular weight is 429 g/mol. The highest BCUT2D eigenvalue weighted by atomic mass is 35.5. The minimum atomic E-state index is -0.414. The van der Waals surface area contributed by atoms with Crippen LogP contribution in [0.4, 0.5) is 0 Å². The molecule has 0 aliphatic rings. The van der Waals surface area contributed by atoms with E-state index in [0.29, 0.717) is 22.0 Å². The van der Waals surface area contributed by atoms with Crippen molar-refractivity contribution in [3.63, 3.8) is 0 Å². The van der Waals surface area contributed by atoms with Crippen LogP contribution in [0.1, 0.15) is 28.5 Å². The summed E-state index contributed by atoms with van der Waals surface area (Å²) in [5, 5.41) is 5.45. The summed E-state index contributed by atoms with van der Waals surface area (Å²) < 4.78 is 7.17. The molecule has 0 radical (unpaired) electrons. The van der Waals surface area contributed by atoms with Crippen molar-refractivity contribution in [2.75, 3.05) is 6.61 Å². The number of nitrogens with zero attached hydrogens (tertiary/aromatic N) is 2. The second-order valence-electron chi connectivity index (χ2n) is 6.80. The molecule has 31 heavy (non-hydrogen) atoms. The molecule has 1 heterocycles. The maximum Gasteiger partial charge on any atom is 0.342 e. The first-order valence-electron chi connectivity index (χ1n) is 10.0. The fourth-order valence-electron chi connectivity index (χ4n) is 3.33. The standard InChI is InChI=1S/C26H21ClN2O2/c1-2-31-26(30)24-23(18-17-19-11-9-10-16-22(19)27)29(21-14-7-4-8-15-21)28-25(24)20-12-5-3-6-13-20/h3-18H,2H2,1H3/b18-17+. The Morgan fingerprint density at radius 1 is 0.935 bits per heavy atom. The van der Waals surface area contributed by atoms with E-state index in [4.69, 9.17) is 21.4 Å². The molecule has 3 aromatic carbocycles. The second kappa shape index (κ2) is 9.45. The zero-order valence-electron chi connectivity index (χ0n) is 17.0. The van der Waals surface area contributed by atoms with E-state index in [0.717, 1.165) is 16.8 Å². The number of esters is 1. The molecule has 4 aromatic rings. The lowest BCUT2D eigenvalue weighted by molar-refractivity contribution is 0.0527. The third-order valence-corrected chi connectivity index (χ3v) is 5.12. The quantitative estimate of drug-likeness (QED) is 0.327. The molecule has 5 heteroatoms. The molecular weight excluding hydrogens is 408 g/mol. The third-order valence-electron chi connectivity index (χ3n) is 4.77. The van der Waals surface area contributed by atoms with Crippen molar-refractivity contribution in [3.05, 3.63) is 107 Å². The molecule has 0 atom stereocenters. The van der Waals surface area contributed by atoms with Gasteiger partial charge in [-0.15, -0.1) is 0 Å². The van der Waals surface area contributed by atoms with Crippen LogP contribution >= 0.6 is 11.6 Å². The topological polar surface area (TPSA) is 44.1 Å². The van der Waals surface area contributed by atoms with Gasteiger partial charge < -0.3 is 4.74 Å². The molecule has 0 N–H and O–H groups in total. The predicted octanol–water partition coefficient (Wildman–Crippen LogP) is 6.54. The van der Waals surface area contributed by atoms with Crippen LogP contribution in [0.2, 0.25) is 5.02 Å². The number of aromatic nitrogens is 2. The van der Waals surface area contributed by atoms with Crippen molar-refractivity contribution < 1.29 is 9.53 Å². The van der Waals surface area contributed by atoms with E-state index < -0.39 is 5.97 Å². The van der Waals surface area contributed by atoms with Gasteiger partial charge in [0.2, 0.25) is 0 Å². The molecule has 4 nitrogen and oxygen atoms in total. The normalized spacial score (nSPS) is 11.0. The number of carbonyl (C=O) groups is 1. The number of ether oxygens (including phenoxy) is 1. The molecule has 0 bridgehead atoms. The summed E-state index contributed by atoms with van der Waals surface area (Å²) in [6.07, 6.45) is 3.75. The zero-order chi connectivity index (χ0) is 21.6. The van der Waals surface area contributed by atoms with Crippen LogP contribution in [-0.4, -0.2) is 22.4 Å². The number of rotatable bonds is 6. The Kier molecular flexibility index (Phi) is 6.29. The zero-order valence-corrected chi connectivity index (χ0v) is 17.8. The van der Waals surface area contributed by atoms with Gasteiger partial charge in [0.05, 0.1) is 18.0 Å². The van der Waals surface area contributed by atoms with Crippen LogP contribution in [0.5, 0.6) is 0 Å². The summed E-state index contributed by atoms with van der Waals surface area (Å²) in [6, 6.07) is 26.9. The Balaban J connectivity index is 1.96. The Morgan fingerprint density at radius 3 is 2.26 bits per heavy atom. The summed E-state index contributed by atoms with van der Waals surface area (Å²) in [7, 11) is 0. The third kappa shape index (κ3) is 4.44. The van der Waals surface area contributed by atoms with E-state index in [1.165, 1.54) is 0 Å². The molecule has 0 fully saturated rings. The highest BCUT2D eigenvalue weighted by molar-refractivity contribution is 6.32. The first kappa shape index (κ1) is 20.6. The number of carbonyl (C=O) groups excluding carboxylic acids is 1. The van der Waals surface area contributed by atoms with Crippen LogP contribution in [-0.2, 0) is 4.74 Å². The molecule has 0 spiro atoms. The van der Waals surface area contributed by atoms with E-state index in [-0.39, 0.29) is 6.61 Å². The van der Waals surface area contributed by atoms with Gasteiger partial charge in [-0.2, -0.15) is 5.10 Å². The Bertz CT molecular complexity index is 1210. The highest BCUT2D eigenvalue weighted by Gasteiger charge is 2.25. The van der Waals surface area contributed by atoms with Gasteiger partial charge in [0.1, 0.15) is 11.3 Å². The molecule has 0 aliphatic carbocycles. The number of benzene rings is 3. The summed E-state index contributed by atoms with van der Waals surface area (Å²) in [5.41, 5.74) is 4.15. The van der Waals surface area contributed by atoms with Crippen LogP contribution in [0.3, 0.4) is 0 Å². The van der Waals surface area contributed by atoms with Crippen molar-refractivity contribution in [3.8, 4) is 16.9 Å². The molecule has 0 saturated carbocycles. The molecule has 0 unspecified atom stereocenters. The van der Waals surface area contributed by atoms with E-state index in [9.17, 15) is 4.79 Å². The number of halogens is 1. The minimum Gasteiger partial charge on any atom is -0.462 e. The van der Waals surface area contributed by atoms with Gasteiger partial charge >= 0.3 is 5.97 Å². The van der Waals surface area contributed by atoms with Crippen LogP contribution < -0.4 is 0 Å². The smallest absolute Gasteiger partial charge is 0.342 e. The van der Waals surface area contributed by atoms with Crippen molar-refractivity contribution in [1.82, 2.24) is 9.78 Å². The molecule has 0 amide bonds. The minimum absolute atomic E-state index is 0.275. The monoisotopic (exact) mass is 428 g/mol. The maximum absolute atomic E-state index is 13.0. The summed E-state index contributed by atoms with van der Waals surface area (Å²) >= 11 is 6.34. The van der Waals surface area contributed by atoms with Crippen LogP contribution in [0.15, 0.2) is 84.9 Å². The first-order chi connectivity index (χ1) is 15.2. The predicted molar refractivity (Wildman–Crippen MR) is 125 cm³/mol. The fourth-order valence-corrected chi connectivity index (χ4v) is 3.53. The van der Waals surface area contributed by atoms with E-state index >= 15 is 0 Å². The highest BCUT2D eigenvalue weighted by Crippen LogP contribution is 2.30. The molecule has 0 aliphatic heterocycles. The van der Waals surface area contributed by atoms with Gasteiger partial charge in [-0.1, -0.05) is 84.4 Å². The molecular formula is C26H21ClN2O2. The van der Waals surface area contributed by atoms with Gasteiger partial charge in [0.15, 0.2) is 0 Å². The van der Waals surface area contributed by atoms with Gasteiger partial charge in [-0.05, 0) is 36.8 Å². The lowest BCUT2D eigenvalue weighted by Gasteiger charge is -2.07. The van der Waals surface area contributed by atoms with E-state index in [2.05, 4.69) is 0 Å². The van der Waals surface area contributed by atoms with E-state index in [1.54, 1.807) is 11.6 Å². The Hall–Kier alpha value is -3.63. The van der Waals surface area contributed by atoms with Crippen LogP contribution in [0, 0.1) is 0 Å². The van der Waals surface area contributed by atoms with Gasteiger partial charge in [0.25, 0.3) is 0 Å². The molecule has 154 valence electrons. The number of hydrogen-bond acceptors (Lipinski definition) is 3. The molecule has 0 saturated heterocycles. The van der Waals surface area contributed by atoms with Crippen LogP contribution in [0.25, 0.3) is 29.1 Å².